The molecular weight excluding hydrogens is 317 g/mol. The second-order valence-corrected chi connectivity index (χ2v) is 5.44. The van der Waals surface area contributed by atoms with Gasteiger partial charge in [0.1, 0.15) is 0 Å². The summed E-state index contributed by atoms with van der Waals surface area (Å²) < 4.78 is 36.6. The zero-order valence-electron chi connectivity index (χ0n) is 13.1. The lowest BCUT2D eigenvalue weighted by atomic mass is 10.1. The minimum atomic E-state index is -4.33. The van der Waals surface area contributed by atoms with Gasteiger partial charge in [-0.05, 0) is 11.1 Å². The highest BCUT2D eigenvalue weighted by atomic mass is 19.4. The Hall–Kier alpha value is -2.34. The van der Waals surface area contributed by atoms with Gasteiger partial charge in [-0.15, -0.1) is 0 Å². The minimum absolute atomic E-state index is 0.348. The Bertz CT molecular complexity index is 588. The second kappa shape index (κ2) is 8.49. The number of amides is 1. The maximum absolute atomic E-state index is 12.3. The van der Waals surface area contributed by atoms with E-state index < -0.39 is 12.7 Å². The number of nitrogens with one attached hydrogen (secondary N) is 1. The largest absolute Gasteiger partial charge is 0.401 e. The van der Waals surface area contributed by atoms with Crippen LogP contribution < -0.4 is 5.32 Å². The molecule has 0 saturated carbocycles. The van der Waals surface area contributed by atoms with Gasteiger partial charge in [-0.25, -0.2) is 0 Å². The van der Waals surface area contributed by atoms with Crippen LogP contribution >= 0.6 is 0 Å². The average molecular weight is 336 g/mol. The molecule has 2 aromatic carbocycles. The summed E-state index contributed by atoms with van der Waals surface area (Å²) in [5, 5.41) is 2.16. The van der Waals surface area contributed by atoms with E-state index >= 15 is 0 Å². The molecule has 1 N–H and O–H groups in total. The van der Waals surface area contributed by atoms with Crippen LogP contribution in [0.1, 0.15) is 11.1 Å². The fourth-order valence-corrected chi connectivity index (χ4v) is 2.26. The predicted molar refractivity (Wildman–Crippen MR) is 86.1 cm³/mol. The summed E-state index contributed by atoms with van der Waals surface area (Å²) in [6, 6.07) is 18.7. The van der Waals surface area contributed by atoms with E-state index in [2.05, 4.69) is 5.32 Å². The van der Waals surface area contributed by atoms with Gasteiger partial charge in [-0.3, -0.25) is 4.79 Å². The second-order valence-electron chi connectivity index (χ2n) is 5.44. The van der Waals surface area contributed by atoms with Crippen LogP contribution in [0.25, 0.3) is 0 Å². The lowest BCUT2D eigenvalue weighted by Gasteiger charge is -2.23. The average Bonchev–Trinajstić information content (AvgIpc) is 2.55. The third-order valence-electron chi connectivity index (χ3n) is 3.39. The molecule has 1 amide bonds. The molecule has 0 bridgehead atoms. The molecule has 128 valence electrons. The number of carbonyl (C=O) groups excluding carboxylic acids is 1. The van der Waals surface area contributed by atoms with Crippen LogP contribution in [-0.2, 0) is 17.9 Å². The third kappa shape index (κ3) is 6.42. The first kappa shape index (κ1) is 18.0. The van der Waals surface area contributed by atoms with Crippen LogP contribution in [0.5, 0.6) is 0 Å². The molecule has 0 aromatic heterocycles. The molecule has 0 aliphatic rings. The van der Waals surface area contributed by atoms with Crippen molar-refractivity contribution in [2.45, 2.75) is 19.3 Å². The van der Waals surface area contributed by atoms with Crippen LogP contribution in [0, 0.1) is 0 Å². The van der Waals surface area contributed by atoms with E-state index in [1.54, 1.807) is 4.90 Å². The minimum Gasteiger partial charge on any atom is -0.333 e. The van der Waals surface area contributed by atoms with Gasteiger partial charge in [-0.1, -0.05) is 60.7 Å². The van der Waals surface area contributed by atoms with E-state index in [-0.39, 0.29) is 12.5 Å². The summed E-state index contributed by atoms with van der Waals surface area (Å²) >= 11 is 0. The predicted octanol–water partition coefficient (Wildman–Crippen LogP) is 3.37. The molecule has 6 heteroatoms. The first-order chi connectivity index (χ1) is 11.4. The summed E-state index contributed by atoms with van der Waals surface area (Å²) in [4.78, 5) is 13.9. The number of hydrogen-bond donors (Lipinski definition) is 1. The van der Waals surface area contributed by atoms with Crippen molar-refractivity contribution in [3.05, 3.63) is 71.8 Å². The SMILES string of the molecule is O=C(CNCC(F)(F)F)N(Cc1ccccc1)Cc1ccccc1. The fraction of sp³-hybridized carbons (Fsp3) is 0.278. The highest BCUT2D eigenvalue weighted by molar-refractivity contribution is 5.78. The molecule has 0 aliphatic heterocycles. The lowest BCUT2D eigenvalue weighted by molar-refractivity contribution is -0.135. The Balaban J connectivity index is 2.02. The van der Waals surface area contributed by atoms with Gasteiger partial charge < -0.3 is 10.2 Å². The van der Waals surface area contributed by atoms with E-state index in [1.165, 1.54) is 0 Å². The van der Waals surface area contributed by atoms with Gasteiger partial charge in [-0.2, -0.15) is 13.2 Å². The molecule has 2 aromatic rings. The lowest BCUT2D eigenvalue weighted by Crippen LogP contribution is -2.40. The van der Waals surface area contributed by atoms with Crippen LogP contribution in [0.3, 0.4) is 0 Å². The standard InChI is InChI=1S/C18H19F3N2O/c19-18(20,21)14-22-11-17(24)23(12-15-7-3-1-4-8-15)13-16-9-5-2-6-10-16/h1-10,22H,11-14H2. The molecule has 0 radical (unpaired) electrons. The van der Waals surface area contributed by atoms with Crippen molar-refractivity contribution in [2.75, 3.05) is 13.1 Å². The number of halogens is 3. The maximum atomic E-state index is 12.3. The Morgan fingerprint density at radius 2 is 1.33 bits per heavy atom. The van der Waals surface area contributed by atoms with Gasteiger partial charge in [0.05, 0.1) is 13.1 Å². The van der Waals surface area contributed by atoms with E-state index in [0.717, 1.165) is 11.1 Å². The zero-order chi connectivity index (χ0) is 17.4. The zero-order valence-corrected chi connectivity index (χ0v) is 13.1. The highest BCUT2D eigenvalue weighted by Crippen LogP contribution is 2.13. The van der Waals surface area contributed by atoms with Gasteiger partial charge in [0.2, 0.25) is 5.91 Å². The smallest absolute Gasteiger partial charge is 0.333 e. The normalized spacial score (nSPS) is 11.3. The molecule has 2 rings (SSSR count). The monoisotopic (exact) mass is 336 g/mol. The van der Waals surface area contributed by atoms with Crippen molar-refractivity contribution in [2.24, 2.45) is 0 Å². The molecule has 0 unspecified atom stereocenters. The van der Waals surface area contributed by atoms with E-state index in [9.17, 15) is 18.0 Å². The van der Waals surface area contributed by atoms with Crippen molar-refractivity contribution in [3.8, 4) is 0 Å². The fourth-order valence-electron chi connectivity index (χ4n) is 2.26. The number of hydrogen-bond acceptors (Lipinski definition) is 2. The Kier molecular flexibility index (Phi) is 6.37. The van der Waals surface area contributed by atoms with Gasteiger partial charge >= 0.3 is 6.18 Å². The van der Waals surface area contributed by atoms with Crippen molar-refractivity contribution < 1.29 is 18.0 Å². The summed E-state index contributed by atoms with van der Waals surface area (Å²) in [5.41, 5.74) is 1.86. The molecule has 0 heterocycles. The summed E-state index contributed by atoms with van der Waals surface area (Å²) in [6.07, 6.45) is -4.33. The highest BCUT2D eigenvalue weighted by Gasteiger charge is 2.27. The van der Waals surface area contributed by atoms with Gasteiger partial charge in [0.15, 0.2) is 0 Å². The molecule has 24 heavy (non-hydrogen) atoms. The Labute approximate surface area is 139 Å². The summed E-state index contributed by atoms with van der Waals surface area (Å²) in [5.74, 6) is -0.369. The van der Waals surface area contributed by atoms with Crippen LogP contribution in [0.4, 0.5) is 13.2 Å². The number of rotatable bonds is 7. The molecule has 3 nitrogen and oxygen atoms in total. The van der Waals surface area contributed by atoms with Crippen LogP contribution in [-0.4, -0.2) is 30.1 Å². The van der Waals surface area contributed by atoms with E-state index in [4.69, 9.17) is 0 Å². The molecular formula is C18H19F3N2O. The Morgan fingerprint density at radius 1 is 0.875 bits per heavy atom. The quantitative estimate of drug-likeness (QED) is 0.841. The first-order valence-corrected chi connectivity index (χ1v) is 7.57. The summed E-state index contributed by atoms with van der Waals surface area (Å²) in [6.45, 7) is -0.826. The molecule has 0 aliphatic carbocycles. The van der Waals surface area contributed by atoms with E-state index in [1.807, 2.05) is 60.7 Å². The van der Waals surface area contributed by atoms with Gasteiger partial charge in [0, 0.05) is 13.1 Å². The topological polar surface area (TPSA) is 32.3 Å². The molecule has 0 saturated heterocycles. The number of carbonyl (C=O) groups is 1. The van der Waals surface area contributed by atoms with Crippen molar-refractivity contribution >= 4 is 5.91 Å². The first-order valence-electron chi connectivity index (χ1n) is 7.57. The van der Waals surface area contributed by atoms with Crippen molar-refractivity contribution in [3.63, 3.8) is 0 Å². The molecule has 0 fully saturated rings. The van der Waals surface area contributed by atoms with Crippen molar-refractivity contribution in [1.29, 1.82) is 0 Å². The van der Waals surface area contributed by atoms with Gasteiger partial charge in [0.25, 0.3) is 0 Å². The van der Waals surface area contributed by atoms with Crippen molar-refractivity contribution in [1.82, 2.24) is 10.2 Å². The van der Waals surface area contributed by atoms with E-state index in [0.29, 0.717) is 13.1 Å². The maximum Gasteiger partial charge on any atom is 0.401 e. The Morgan fingerprint density at radius 3 is 1.75 bits per heavy atom. The molecule has 0 atom stereocenters. The number of alkyl halides is 3. The third-order valence-corrected chi connectivity index (χ3v) is 3.39. The molecule has 0 spiro atoms. The number of benzene rings is 2. The summed E-state index contributed by atoms with van der Waals surface area (Å²) in [7, 11) is 0. The van der Waals surface area contributed by atoms with Crippen LogP contribution in [0.15, 0.2) is 60.7 Å². The number of nitrogens with zero attached hydrogens (tertiary/aromatic N) is 1. The van der Waals surface area contributed by atoms with Crippen LogP contribution in [0.2, 0.25) is 0 Å².